The van der Waals surface area contributed by atoms with Crippen LogP contribution in [0.3, 0.4) is 0 Å². The number of rotatable bonds is 2. The highest BCUT2D eigenvalue weighted by atomic mass is 16.5. The standard InChI is InChI=1S/C23H17N3O2/c1-12-20-13(2)22(23(27)28-19-10-6-4-8-16(19)24)26-18(20)11-15-14-7-3-5-9-17(14)25-21(12)15/h3-11H,24H2,1-2H3. The quantitative estimate of drug-likeness (QED) is 0.335. The molecule has 5 heteroatoms. The Balaban J connectivity index is 1.61. The molecule has 3 aromatic rings. The number of allylic oxidation sites excluding steroid dienone is 1. The van der Waals surface area contributed by atoms with E-state index in [0.29, 0.717) is 17.1 Å². The lowest BCUT2D eigenvalue weighted by Gasteiger charge is -2.07. The molecule has 2 aliphatic heterocycles. The first-order chi connectivity index (χ1) is 13.5. The summed E-state index contributed by atoms with van der Waals surface area (Å²) in [5.74, 6) is -0.175. The average Bonchev–Trinajstić information content (AvgIpc) is 3.23. The topological polar surface area (TPSA) is 77.0 Å². The molecule has 0 saturated heterocycles. The predicted octanol–water partition coefficient (Wildman–Crippen LogP) is 3.48. The summed E-state index contributed by atoms with van der Waals surface area (Å²) in [4.78, 5) is 22.1. The maximum absolute atomic E-state index is 12.8. The summed E-state index contributed by atoms with van der Waals surface area (Å²) < 4.78 is 5.49. The van der Waals surface area contributed by atoms with Gasteiger partial charge in [0.05, 0.1) is 22.1 Å². The van der Waals surface area contributed by atoms with Crippen molar-refractivity contribution >= 4 is 22.9 Å². The number of esters is 1. The van der Waals surface area contributed by atoms with E-state index in [1.165, 1.54) is 0 Å². The lowest BCUT2D eigenvalue weighted by Crippen LogP contribution is -2.18. The van der Waals surface area contributed by atoms with Gasteiger partial charge >= 0.3 is 5.97 Å². The highest BCUT2D eigenvalue weighted by molar-refractivity contribution is 6.00. The second-order valence-corrected chi connectivity index (χ2v) is 6.93. The van der Waals surface area contributed by atoms with Crippen LogP contribution < -0.4 is 21.2 Å². The highest BCUT2D eigenvalue weighted by Crippen LogP contribution is 2.34. The molecule has 2 heterocycles. The molecule has 0 fully saturated rings. The maximum Gasteiger partial charge on any atom is 0.362 e. The van der Waals surface area contributed by atoms with Crippen LogP contribution >= 0.6 is 0 Å². The van der Waals surface area contributed by atoms with Gasteiger partial charge in [-0.1, -0.05) is 30.3 Å². The van der Waals surface area contributed by atoms with Gasteiger partial charge in [0.25, 0.3) is 0 Å². The van der Waals surface area contributed by atoms with Crippen LogP contribution in [0.15, 0.2) is 70.3 Å². The number of para-hydroxylation sites is 3. The van der Waals surface area contributed by atoms with Crippen molar-refractivity contribution in [3.63, 3.8) is 0 Å². The van der Waals surface area contributed by atoms with Crippen LogP contribution in [-0.2, 0) is 4.79 Å². The minimum absolute atomic E-state index is 0.304. The lowest BCUT2D eigenvalue weighted by atomic mass is 9.96. The predicted molar refractivity (Wildman–Crippen MR) is 108 cm³/mol. The van der Waals surface area contributed by atoms with Gasteiger partial charge in [0.2, 0.25) is 0 Å². The van der Waals surface area contributed by atoms with Gasteiger partial charge in [0, 0.05) is 16.7 Å². The van der Waals surface area contributed by atoms with Crippen molar-refractivity contribution in [2.75, 3.05) is 5.73 Å². The van der Waals surface area contributed by atoms with E-state index in [1.54, 1.807) is 24.3 Å². The van der Waals surface area contributed by atoms with Crippen molar-refractivity contribution in [1.82, 2.24) is 0 Å². The first kappa shape index (κ1) is 16.4. The van der Waals surface area contributed by atoms with Gasteiger partial charge in [-0.15, -0.1) is 0 Å². The Labute approximate surface area is 161 Å². The molecule has 0 unspecified atom stereocenters. The van der Waals surface area contributed by atoms with E-state index >= 15 is 0 Å². The third-order valence-corrected chi connectivity index (χ3v) is 5.23. The van der Waals surface area contributed by atoms with Crippen LogP contribution in [0.2, 0.25) is 0 Å². The Bertz CT molecular complexity index is 1340. The number of nitrogens with two attached hydrogens (primary N) is 1. The number of anilines is 1. The molecule has 0 radical (unpaired) electrons. The summed E-state index contributed by atoms with van der Waals surface area (Å²) in [6.45, 7) is 3.91. The molecule has 2 aliphatic rings. The van der Waals surface area contributed by atoms with Crippen LogP contribution in [0.25, 0.3) is 16.7 Å². The van der Waals surface area contributed by atoms with Crippen molar-refractivity contribution in [2.24, 2.45) is 9.98 Å². The van der Waals surface area contributed by atoms with Gasteiger partial charge in [0.15, 0.2) is 11.4 Å². The number of carbonyl (C=O) groups excluding carboxylic acids is 1. The number of hydrogen-bond acceptors (Lipinski definition) is 5. The monoisotopic (exact) mass is 367 g/mol. The van der Waals surface area contributed by atoms with Crippen molar-refractivity contribution < 1.29 is 9.53 Å². The summed E-state index contributed by atoms with van der Waals surface area (Å²) in [5.41, 5.74) is 12.5. The molecule has 3 aromatic carbocycles. The Morgan fingerprint density at radius 2 is 1.71 bits per heavy atom. The van der Waals surface area contributed by atoms with E-state index in [0.717, 1.165) is 44.2 Å². The zero-order valence-corrected chi connectivity index (χ0v) is 15.5. The van der Waals surface area contributed by atoms with Gasteiger partial charge in [0.1, 0.15) is 0 Å². The smallest absolute Gasteiger partial charge is 0.362 e. The van der Waals surface area contributed by atoms with Crippen LogP contribution in [0, 0.1) is 6.92 Å². The Morgan fingerprint density at radius 3 is 2.54 bits per heavy atom. The minimum Gasteiger partial charge on any atom is -0.420 e. The number of ether oxygens (including phenoxy) is 1. The van der Waals surface area contributed by atoms with Gasteiger partial charge < -0.3 is 10.5 Å². The molecule has 0 amide bonds. The minimum atomic E-state index is -0.511. The summed E-state index contributed by atoms with van der Waals surface area (Å²) in [7, 11) is 0. The zero-order chi connectivity index (χ0) is 19.4. The summed E-state index contributed by atoms with van der Waals surface area (Å²) >= 11 is 0. The summed E-state index contributed by atoms with van der Waals surface area (Å²) in [6, 6.07) is 17.0. The van der Waals surface area contributed by atoms with E-state index in [2.05, 4.69) is 11.1 Å². The van der Waals surface area contributed by atoms with Gasteiger partial charge in [-0.25, -0.2) is 14.8 Å². The van der Waals surface area contributed by atoms with Crippen LogP contribution in [-0.4, -0.2) is 5.97 Å². The first-order valence-electron chi connectivity index (χ1n) is 9.03. The molecule has 0 bridgehead atoms. The number of nitrogens with zero attached hydrogens (tertiary/aromatic N) is 2. The molecule has 28 heavy (non-hydrogen) atoms. The molecule has 2 N–H and O–H groups in total. The summed E-state index contributed by atoms with van der Waals surface area (Å²) in [5, 5.41) is 1.71. The summed E-state index contributed by atoms with van der Waals surface area (Å²) in [6.07, 6.45) is 0. The Kier molecular flexibility index (Phi) is 3.46. The number of hydrogen-bond donors (Lipinski definition) is 1. The number of carbonyl (C=O) groups is 1. The zero-order valence-electron chi connectivity index (χ0n) is 15.5. The van der Waals surface area contributed by atoms with Crippen LogP contribution in [0.1, 0.15) is 18.1 Å². The molecular weight excluding hydrogens is 350 g/mol. The Morgan fingerprint density at radius 1 is 0.964 bits per heavy atom. The number of nitrogen functional groups attached to an aromatic ring is 1. The van der Waals surface area contributed by atoms with Crippen molar-refractivity contribution in [1.29, 1.82) is 0 Å². The normalized spacial score (nSPS) is 13.4. The maximum atomic E-state index is 12.8. The lowest BCUT2D eigenvalue weighted by molar-refractivity contribution is -0.130. The highest BCUT2D eigenvalue weighted by Gasteiger charge is 2.26. The van der Waals surface area contributed by atoms with Crippen LogP contribution in [0.4, 0.5) is 11.4 Å². The second-order valence-electron chi connectivity index (χ2n) is 6.93. The van der Waals surface area contributed by atoms with Crippen LogP contribution in [0.5, 0.6) is 5.75 Å². The van der Waals surface area contributed by atoms with Crippen molar-refractivity contribution in [2.45, 2.75) is 13.8 Å². The third-order valence-electron chi connectivity index (χ3n) is 5.23. The number of fused-ring (bicyclic) bond motifs is 4. The molecule has 0 saturated carbocycles. The first-order valence-corrected chi connectivity index (χ1v) is 9.03. The molecule has 0 atom stereocenters. The van der Waals surface area contributed by atoms with Crippen molar-refractivity contribution in [3.8, 4) is 16.9 Å². The van der Waals surface area contributed by atoms with E-state index in [1.807, 2.05) is 38.1 Å². The molecule has 136 valence electrons. The van der Waals surface area contributed by atoms with E-state index < -0.39 is 5.97 Å². The van der Waals surface area contributed by atoms with E-state index in [4.69, 9.17) is 15.5 Å². The average molecular weight is 367 g/mol. The van der Waals surface area contributed by atoms with Gasteiger partial charge in [-0.2, -0.15) is 0 Å². The number of benzene rings is 3. The fourth-order valence-corrected chi connectivity index (χ4v) is 3.86. The largest absolute Gasteiger partial charge is 0.420 e. The van der Waals surface area contributed by atoms with E-state index in [9.17, 15) is 4.79 Å². The van der Waals surface area contributed by atoms with E-state index in [-0.39, 0.29) is 0 Å². The molecule has 0 spiro atoms. The van der Waals surface area contributed by atoms with Crippen molar-refractivity contribution in [3.05, 3.63) is 82.1 Å². The molecule has 0 aromatic heterocycles. The molecule has 5 rings (SSSR count). The molecule has 0 aliphatic carbocycles. The second kappa shape index (κ2) is 5.89. The molecule has 5 nitrogen and oxygen atoms in total. The SMILES string of the molecule is CC1=C(C(=O)Oc2ccccc2N)N=c2cc3c(c(C)c21)=Nc1ccccc1-3. The van der Waals surface area contributed by atoms with Gasteiger partial charge in [-0.05, 0) is 49.2 Å². The van der Waals surface area contributed by atoms with Gasteiger partial charge in [-0.3, -0.25) is 0 Å². The fraction of sp³-hybridized carbons (Fsp3) is 0.0870. The molecular formula is C23H17N3O2. The Hall–Kier alpha value is -3.73. The fourth-order valence-electron chi connectivity index (χ4n) is 3.86. The third kappa shape index (κ3) is 2.29.